The Labute approximate surface area is 138 Å². The van der Waals surface area contributed by atoms with Crippen molar-refractivity contribution >= 4 is 23.2 Å². The molecule has 8 heteroatoms. The second kappa shape index (κ2) is 7.47. The van der Waals surface area contributed by atoms with Gasteiger partial charge in [0.1, 0.15) is 17.4 Å². The Morgan fingerprint density at radius 1 is 1.35 bits per heavy atom. The van der Waals surface area contributed by atoms with Gasteiger partial charge in [0.2, 0.25) is 0 Å². The number of rotatable bonds is 5. The third kappa shape index (κ3) is 4.23. The highest BCUT2D eigenvalue weighted by Crippen LogP contribution is 2.26. The molecule has 0 aromatic carbocycles. The van der Waals surface area contributed by atoms with Crippen molar-refractivity contribution in [2.75, 3.05) is 12.4 Å². The first-order chi connectivity index (χ1) is 11.2. The molecule has 0 aliphatic heterocycles. The van der Waals surface area contributed by atoms with Crippen molar-refractivity contribution < 1.29 is 9.53 Å². The molecule has 0 saturated carbocycles. The van der Waals surface area contributed by atoms with Crippen molar-refractivity contribution in [3.8, 4) is 0 Å². The highest BCUT2D eigenvalue weighted by atomic mass is 32.1. The van der Waals surface area contributed by atoms with Crippen LogP contribution < -0.4 is 10.6 Å². The van der Waals surface area contributed by atoms with Crippen LogP contribution in [0.15, 0.2) is 12.3 Å². The molecule has 1 aliphatic rings. The van der Waals surface area contributed by atoms with E-state index in [9.17, 15) is 4.79 Å². The highest BCUT2D eigenvalue weighted by Gasteiger charge is 2.15. The lowest BCUT2D eigenvalue weighted by atomic mass is 10.0. The zero-order chi connectivity index (χ0) is 16.1. The second-order valence-electron chi connectivity index (χ2n) is 5.28. The fraction of sp³-hybridized carbons (Fsp3) is 0.467. The summed E-state index contributed by atoms with van der Waals surface area (Å²) >= 11 is 1.70. The number of ether oxygens (including phenoxy) is 1. The summed E-state index contributed by atoms with van der Waals surface area (Å²) in [7, 11) is 1.57. The van der Waals surface area contributed by atoms with Gasteiger partial charge < -0.3 is 10.1 Å². The largest absolute Gasteiger partial charge is 0.377 e. The Balaban J connectivity index is 1.53. The van der Waals surface area contributed by atoms with Crippen LogP contribution in [0.4, 0.5) is 10.6 Å². The maximum Gasteiger partial charge on any atom is 0.320 e. The molecule has 7 nitrogen and oxygen atoms in total. The quantitative estimate of drug-likeness (QED) is 0.876. The summed E-state index contributed by atoms with van der Waals surface area (Å²) in [6.45, 7) is 0.737. The number of thiazole rings is 1. The van der Waals surface area contributed by atoms with Crippen molar-refractivity contribution in [2.24, 2.45) is 0 Å². The number of urea groups is 1. The third-order valence-corrected chi connectivity index (χ3v) is 4.67. The summed E-state index contributed by atoms with van der Waals surface area (Å²) in [5.41, 5.74) is 1.21. The Morgan fingerprint density at radius 2 is 2.22 bits per heavy atom. The summed E-state index contributed by atoms with van der Waals surface area (Å²) in [5.74, 6) is 0.973. The van der Waals surface area contributed by atoms with Crippen LogP contribution in [0.25, 0.3) is 0 Å². The number of carbonyl (C=O) groups is 1. The molecule has 0 fully saturated rings. The molecular weight excluding hydrogens is 314 g/mol. The van der Waals surface area contributed by atoms with Gasteiger partial charge in [0, 0.05) is 18.2 Å². The first-order valence-corrected chi connectivity index (χ1v) is 8.39. The van der Waals surface area contributed by atoms with Gasteiger partial charge in [0.15, 0.2) is 5.82 Å². The fourth-order valence-electron chi connectivity index (χ4n) is 2.46. The number of anilines is 1. The van der Waals surface area contributed by atoms with E-state index in [1.165, 1.54) is 23.4 Å². The molecule has 0 spiro atoms. The zero-order valence-corrected chi connectivity index (χ0v) is 13.8. The van der Waals surface area contributed by atoms with Crippen LogP contribution in [0.1, 0.15) is 34.2 Å². The SMILES string of the molecule is COCc1nccc(NC(=O)NCc2nc3c(s2)CCCC3)n1. The van der Waals surface area contributed by atoms with Gasteiger partial charge in [-0.2, -0.15) is 0 Å². The van der Waals surface area contributed by atoms with Crippen LogP contribution in [-0.4, -0.2) is 28.1 Å². The number of fused-ring (bicyclic) bond motifs is 1. The molecule has 1 aliphatic carbocycles. The number of amides is 2. The minimum atomic E-state index is -0.305. The van der Waals surface area contributed by atoms with Crippen LogP contribution in [0.2, 0.25) is 0 Å². The molecule has 2 aromatic heterocycles. The van der Waals surface area contributed by atoms with E-state index in [1.807, 2.05) is 0 Å². The van der Waals surface area contributed by atoms with Crippen molar-refractivity contribution in [1.29, 1.82) is 0 Å². The van der Waals surface area contributed by atoms with Gasteiger partial charge in [0.05, 0.1) is 12.2 Å². The topological polar surface area (TPSA) is 89.0 Å². The van der Waals surface area contributed by atoms with Crippen molar-refractivity contribution in [1.82, 2.24) is 20.3 Å². The van der Waals surface area contributed by atoms with Crippen LogP contribution in [0.3, 0.4) is 0 Å². The van der Waals surface area contributed by atoms with E-state index in [0.717, 1.165) is 17.8 Å². The van der Waals surface area contributed by atoms with Gasteiger partial charge in [-0.15, -0.1) is 11.3 Å². The Bertz CT molecular complexity index is 665. The molecular formula is C15H19N5O2S. The average Bonchev–Trinajstić information content (AvgIpc) is 2.96. The molecule has 2 N–H and O–H groups in total. The second-order valence-corrected chi connectivity index (χ2v) is 6.45. The molecule has 0 unspecified atom stereocenters. The van der Waals surface area contributed by atoms with Crippen LogP contribution in [0, 0.1) is 0 Å². The minimum absolute atomic E-state index is 0.305. The Kier molecular flexibility index (Phi) is 5.14. The van der Waals surface area contributed by atoms with Gasteiger partial charge in [-0.1, -0.05) is 0 Å². The average molecular weight is 333 g/mol. The molecule has 0 bridgehead atoms. The number of aromatic nitrogens is 3. The molecule has 0 atom stereocenters. The molecule has 122 valence electrons. The highest BCUT2D eigenvalue weighted by molar-refractivity contribution is 7.11. The van der Waals surface area contributed by atoms with Gasteiger partial charge in [-0.3, -0.25) is 5.32 Å². The smallest absolute Gasteiger partial charge is 0.320 e. The van der Waals surface area contributed by atoms with Crippen LogP contribution in [0.5, 0.6) is 0 Å². The number of nitrogens with one attached hydrogen (secondary N) is 2. The van der Waals surface area contributed by atoms with E-state index in [1.54, 1.807) is 30.7 Å². The van der Waals surface area contributed by atoms with Crippen molar-refractivity contribution in [3.63, 3.8) is 0 Å². The molecule has 0 saturated heterocycles. The number of methoxy groups -OCH3 is 1. The van der Waals surface area contributed by atoms with E-state index in [4.69, 9.17) is 4.74 Å². The lowest BCUT2D eigenvalue weighted by Crippen LogP contribution is -2.28. The molecule has 3 rings (SSSR count). The van der Waals surface area contributed by atoms with Gasteiger partial charge in [0.25, 0.3) is 0 Å². The minimum Gasteiger partial charge on any atom is -0.377 e. The first kappa shape index (κ1) is 15.8. The molecule has 0 radical (unpaired) electrons. The number of carbonyl (C=O) groups excluding carboxylic acids is 1. The number of hydrogen-bond acceptors (Lipinski definition) is 6. The summed E-state index contributed by atoms with van der Waals surface area (Å²) in [5, 5.41) is 6.46. The molecule has 23 heavy (non-hydrogen) atoms. The first-order valence-electron chi connectivity index (χ1n) is 7.58. The molecule has 2 amide bonds. The zero-order valence-electron chi connectivity index (χ0n) is 13.0. The van der Waals surface area contributed by atoms with Crippen molar-refractivity contribution in [2.45, 2.75) is 38.8 Å². The number of hydrogen-bond donors (Lipinski definition) is 2. The monoisotopic (exact) mass is 333 g/mol. The van der Waals surface area contributed by atoms with E-state index >= 15 is 0 Å². The summed E-state index contributed by atoms with van der Waals surface area (Å²) in [4.78, 5) is 26.2. The summed E-state index contributed by atoms with van der Waals surface area (Å²) < 4.78 is 4.97. The predicted molar refractivity (Wildman–Crippen MR) is 87.4 cm³/mol. The Hall–Kier alpha value is -2.06. The van der Waals surface area contributed by atoms with Gasteiger partial charge in [-0.25, -0.2) is 19.7 Å². The fourth-order valence-corrected chi connectivity index (χ4v) is 3.56. The lowest BCUT2D eigenvalue weighted by Gasteiger charge is -2.06. The van der Waals surface area contributed by atoms with Gasteiger partial charge >= 0.3 is 6.03 Å². The van der Waals surface area contributed by atoms with Crippen LogP contribution >= 0.6 is 11.3 Å². The maximum absolute atomic E-state index is 12.0. The van der Waals surface area contributed by atoms with Gasteiger partial charge in [-0.05, 0) is 31.7 Å². The Morgan fingerprint density at radius 3 is 3.04 bits per heavy atom. The van der Waals surface area contributed by atoms with E-state index in [2.05, 4.69) is 25.6 Å². The number of aryl methyl sites for hydroxylation is 2. The standard InChI is InChI=1S/C15H19N5O2S/c1-22-9-13-16-7-6-12(19-13)20-15(21)17-8-14-18-10-4-2-3-5-11(10)23-14/h6-7H,2-5,8-9H2,1H3,(H2,16,17,19,20,21). The predicted octanol–water partition coefficient (Wildman–Crippen LogP) is 2.28. The normalized spacial score (nSPS) is 13.4. The number of nitrogens with zero attached hydrogens (tertiary/aromatic N) is 3. The van der Waals surface area contributed by atoms with E-state index < -0.39 is 0 Å². The summed E-state index contributed by atoms with van der Waals surface area (Å²) in [6.07, 6.45) is 6.21. The molecule has 2 heterocycles. The van der Waals surface area contributed by atoms with Crippen LogP contribution in [-0.2, 0) is 30.7 Å². The van der Waals surface area contributed by atoms with E-state index in [-0.39, 0.29) is 6.03 Å². The van der Waals surface area contributed by atoms with Crippen molar-refractivity contribution in [3.05, 3.63) is 33.7 Å². The maximum atomic E-state index is 12.0. The molecule has 2 aromatic rings. The summed E-state index contributed by atoms with van der Waals surface area (Å²) in [6, 6.07) is 1.33. The third-order valence-electron chi connectivity index (χ3n) is 3.51. The lowest BCUT2D eigenvalue weighted by molar-refractivity contribution is 0.178. The van der Waals surface area contributed by atoms with E-state index in [0.29, 0.717) is 24.8 Å².